The van der Waals surface area contributed by atoms with Crippen molar-refractivity contribution in [2.75, 3.05) is 20.2 Å². The maximum atomic E-state index is 11.8. The number of halogens is 1. The number of ether oxygens (including phenoxy) is 1. The number of H-pyrrole nitrogens is 1. The summed E-state index contributed by atoms with van der Waals surface area (Å²) < 4.78 is 6.09. The molecule has 3 heterocycles. The molecule has 1 fully saturated rings. The van der Waals surface area contributed by atoms with Crippen LogP contribution >= 0.6 is 15.9 Å². The number of nitrogens with zero attached hydrogens (tertiary/aromatic N) is 1. The van der Waals surface area contributed by atoms with Gasteiger partial charge in [0, 0.05) is 34.0 Å². The Morgan fingerprint density at radius 2 is 2.27 bits per heavy atom. The van der Waals surface area contributed by atoms with Crippen LogP contribution in [0.3, 0.4) is 0 Å². The first-order valence-electron chi connectivity index (χ1n) is 9.73. The number of rotatable bonds is 4. The quantitative estimate of drug-likeness (QED) is 0.727. The number of carbonyl (C=O) groups excluding carboxylic acids is 1. The van der Waals surface area contributed by atoms with Gasteiger partial charge in [-0.1, -0.05) is 28.9 Å². The lowest BCUT2D eigenvalue weighted by atomic mass is 9.67. The molecule has 0 saturated carbocycles. The molecule has 1 aromatic heterocycles. The fraction of sp³-hybridized carbons (Fsp3) is 0.571. The van der Waals surface area contributed by atoms with E-state index >= 15 is 0 Å². The minimum Gasteiger partial charge on any atom is -0.469 e. The van der Waals surface area contributed by atoms with Crippen molar-refractivity contribution < 1.29 is 9.53 Å². The molecule has 4 nitrogen and oxygen atoms in total. The van der Waals surface area contributed by atoms with E-state index in [1.165, 1.54) is 46.6 Å². The van der Waals surface area contributed by atoms with Crippen LogP contribution < -0.4 is 0 Å². The van der Waals surface area contributed by atoms with Gasteiger partial charge in [-0.2, -0.15) is 0 Å². The lowest BCUT2D eigenvalue weighted by Gasteiger charge is -2.54. The Morgan fingerprint density at radius 1 is 1.42 bits per heavy atom. The zero-order valence-electron chi connectivity index (χ0n) is 15.6. The van der Waals surface area contributed by atoms with Crippen LogP contribution in [-0.4, -0.2) is 36.1 Å². The first-order chi connectivity index (χ1) is 12.6. The van der Waals surface area contributed by atoms with Gasteiger partial charge in [0.1, 0.15) is 0 Å². The molecule has 4 rings (SSSR count). The predicted molar refractivity (Wildman–Crippen MR) is 107 cm³/mol. The minimum absolute atomic E-state index is 0.0122. The fourth-order valence-electron chi connectivity index (χ4n) is 5.50. The summed E-state index contributed by atoms with van der Waals surface area (Å²) in [5.74, 6) is 0.384. The Labute approximate surface area is 163 Å². The number of carbonyl (C=O) groups is 1. The smallest absolute Gasteiger partial charge is 0.305 e. The van der Waals surface area contributed by atoms with Gasteiger partial charge in [0.05, 0.1) is 12.6 Å². The molecule has 2 aliphatic heterocycles. The number of aromatic nitrogens is 1. The molecule has 26 heavy (non-hydrogen) atoms. The average Bonchev–Trinajstić information content (AvgIpc) is 3.06. The maximum absolute atomic E-state index is 11.8. The molecular formula is C21H27BrN2O2. The molecule has 0 bridgehead atoms. The molecule has 5 heteroatoms. The van der Waals surface area contributed by atoms with Crippen molar-refractivity contribution in [2.45, 2.75) is 51.0 Å². The Kier molecular flexibility index (Phi) is 4.86. The minimum atomic E-state index is -0.0937. The monoisotopic (exact) mass is 418 g/mol. The van der Waals surface area contributed by atoms with E-state index in [4.69, 9.17) is 4.74 Å². The number of esters is 1. The number of nitrogens with one attached hydrogen (secondary N) is 1. The van der Waals surface area contributed by atoms with Crippen LogP contribution in [0.4, 0.5) is 0 Å². The largest absolute Gasteiger partial charge is 0.469 e. The van der Waals surface area contributed by atoms with Gasteiger partial charge in [0.15, 0.2) is 0 Å². The summed E-state index contributed by atoms with van der Waals surface area (Å²) >= 11 is 3.76. The van der Waals surface area contributed by atoms with Crippen molar-refractivity contribution in [2.24, 2.45) is 5.92 Å². The molecule has 1 aromatic carbocycles. The van der Waals surface area contributed by atoms with Crippen molar-refractivity contribution in [1.82, 2.24) is 9.88 Å². The summed E-state index contributed by atoms with van der Waals surface area (Å²) in [6.07, 6.45) is 5.95. The number of hydrogen-bond acceptors (Lipinski definition) is 3. The average molecular weight is 419 g/mol. The summed E-state index contributed by atoms with van der Waals surface area (Å²) in [6, 6.07) is 6.41. The summed E-state index contributed by atoms with van der Waals surface area (Å²) in [4.78, 5) is 18.3. The van der Waals surface area contributed by atoms with E-state index in [0.29, 0.717) is 12.3 Å². The molecule has 0 spiro atoms. The van der Waals surface area contributed by atoms with Crippen LogP contribution in [0.25, 0.3) is 10.9 Å². The van der Waals surface area contributed by atoms with Crippen molar-refractivity contribution in [1.29, 1.82) is 0 Å². The number of benzene rings is 1. The highest BCUT2D eigenvalue weighted by Gasteiger charge is 2.50. The second kappa shape index (κ2) is 7.01. The van der Waals surface area contributed by atoms with E-state index < -0.39 is 0 Å². The van der Waals surface area contributed by atoms with Crippen LogP contribution in [-0.2, 0) is 21.5 Å². The summed E-state index contributed by atoms with van der Waals surface area (Å²) in [5, 5.41) is 1.34. The van der Waals surface area contributed by atoms with E-state index in [1.54, 1.807) is 0 Å². The predicted octanol–water partition coefficient (Wildman–Crippen LogP) is 4.76. The number of piperidine rings is 1. The second-order valence-electron chi connectivity index (χ2n) is 7.61. The Morgan fingerprint density at radius 3 is 3.04 bits per heavy atom. The summed E-state index contributed by atoms with van der Waals surface area (Å²) in [7, 11) is 1.49. The van der Waals surface area contributed by atoms with Gasteiger partial charge < -0.3 is 9.72 Å². The van der Waals surface area contributed by atoms with Gasteiger partial charge in [0.2, 0.25) is 0 Å². The van der Waals surface area contributed by atoms with E-state index in [2.05, 4.69) is 50.9 Å². The molecule has 1 saturated heterocycles. The van der Waals surface area contributed by atoms with Crippen LogP contribution in [0.1, 0.15) is 50.3 Å². The standard InChI is InChI=1S/C21H27BrN2O2/c1-3-21-14(9-10-18(25)26-2)6-5-12-24(21)13-11-15-19-16(22)7-4-8-17(19)23-20(15)21/h4,7-8,14,23H,3,5-6,9-13H2,1-2H3/t14?,21-/m0/s1. The van der Waals surface area contributed by atoms with Gasteiger partial charge in [-0.3, -0.25) is 9.69 Å². The lowest BCUT2D eigenvalue weighted by Crippen LogP contribution is -2.57. The zero-order chi connectivity index (χ0) is 18.3. The third-order valence-corrected chi connectivity index (χ3v) is 7.29. The number of aromatic amines is 1. The van der Waals surface area contributed by atoms with E-state index in [0.717, 1.165) is 32.4 Å². The number of methoxy groups -OCH3 is 1. The molecule has 2 atom stereocenters. The van der Waals surface area contributed by atoms with Crippen molar-refractivity contribution in [3.8, 4) is 0 Å². The molecular weight excluding hydrogens is 392 g/mol. The highest BCUT2D eigenvalue weighted by molar-refractivity contribution is 9.10. The lowest BCUT2D eigenvalue weighted by molar-refractivity contribution is -0.141. The molecule has 1 unspecified atom stereocenters. The summed E-state index contributed by atoms with van der Waals surface area (Å²) in [5.41, 5.74) is 4.09. The Balaban J connectivity index is 1.82. The number of hydrogen-bond donors (Lipinski definition) is 1. The third-order valence-electron chi connectivity index (χ3n) is 6.63. The number of fused-ring (bicyclic) bond motifs is 5. The van der Waals surface area contributed by atoms with Crippen LogP contribution in [0.5, 0.6) is 0 Å². The fourth-order valence-corrected chi connectivity index (χ4v) is 6.11. The molecule has 2 aliphatic rings. The van der Waals surface area contributed by atoms with Crippen molar-refractivity contribution >= 4 is 32.8 Å². The normalized spacial score (nSPS) is 25.7. The van der Waals surface area contributed by atoms with Crippen molar-refractivity contribution in [3.63, 3.8) is 0 Å². The first kappa shape index (κ1) is 18.1. The highest BCUT2D eigenvalue weighted by atomic mass is 79.9. The topological polar surface area (TPSA) is 45.3 Å². The van der Waals surface area contributed by atoms with Crippen molar-refractivity contribution in [3.05, 3.63) is 33.9 Å². The molecule has 0 aliphatic carbocycles. The third kappa shape index (κ3) is 2.63. The van der Waals surface area contributed by atoms with Gasteiger partial charge in [0.25, 0.3) is 0 Å². The molecule has 2 aromatic rings. The van der Waals surface area contributed by atoms with Gasteiger partial charge >= 0.3 is 5.97 Å². The zero-order valence-corrected chi connectivity index (χ0v) is 17.2. The second-order valence-corrected chi connectivity index (χ2v) is 8.46. The van der Waals surface area contributed by atoms with E-state index in [1.807, 2.05) is 0 Å². The molecule has 0 radical (unpaired) electrons. The van der Waals surface area contributed by atoms with Gasteiger partial charge in [-0.15, -0.1) is 0 Å². The van der Waals surface area contributed by atoms with Gasteiger partial charge in [-0.25, -0.2) is 0 Å². The van der Waals surface area contributed by atoms with Crippen LogP contribution in [0, 0.1) is 5.92 Å². The Bertz CT molecular complexity index is 831. The van der Waals surface area contributed by atoms with Gasteiger partial charge in [-0.05, 0) is 62.3 Å². The SMILES string of the molecule is CC[C@]12c3[nH]c4cccc(Br)c4c3CCN1CCCC2CCC(=O)OC. The van der Waals surface area contributed by atoms with Crippen LogP contribution in [0.2, 0.25) is 0 Å². The highest BCUT2D eigenvalue weighted by Crippen LogP contribution is 2.51. The Hall–Kier alpha value is -1.33. The van der Waals surface area contributed by atoms with E-state index in [-0.39, 0.29) is 11.5 Å². The maximum Gasteiger partial charge on any atom is 0.305 e. The first-order valence-corrected chi connectivity index (χ1v) is 10.5. The molecule has 140 valence electrons. The van der Waals surface area contributed by atoms with Crippen LogP contribution in [0.15, 0.2) is 22.7 Å². The summed E-state index contributed by atoms with van der Waals surface area (Å²) in [6.45, 7) is 4.56. The molecule has 1 N–H and O–H groups in total. The van der Waals surface area contributed by atoms with E-state index in [9.17, 15) is 4.79 Å². The molecule has 0 amide bonds.